The first-order valence-corrected chi connectivity index (χ1v) is 6.08. The topological polar surface area (TPSA) is 49.4 Å². The smallest absolute Gasteiger partial charge is 0.211 e. The van der Waals surface area contributed by atoms with E-state index < -0.39 is 10.0 Å². The molecule has 1 aliphatic rings. The molecule has 5 heteroatoms. The second-order valence-corrected chi connectivity index (χ2v) is 5.07. The lowest BCUT2D eigenvalue weighted by atomic mass is 10.2. The van der Waals surface area contributed by atoms with Gasteiger partial charge in [-0.3, -0.25) is 0 Å². The number of sulfonamides is 1. The number of piperazine rings is 1. The van der Waals surface area contributed by atoms with E-state index in [1.54, 1.807) is 4.31 Å². The second-order valence-electron chi connectivity index (χ2n) is 3.14. The average Bonchev–Trinajstić information content (AvgIpc) is 2.03. The average molecular weight is 192 g/mol. The summed E-state index contributed by atoms with van der Waals surface area (Å²) >= 11 is 0. The van der Waals surface area contributed by atoms with Gasteiger partial charge < -0.3 is 5.32 Å². The molecule has 0 saturated carbocycles. The Morgan fingerprint density at radius 1 is 1.58 bits per heavy atom. The van der Waals surface area contributed by atoms with Crippen molar-refractivity contribution in [3.63, 3.8) is 0 Å². The summed E-state index contributed by atoms with van der Waals surface area (Å²) in [6.07, 6.45) is 2.15. The maximum atomic E-state index is 11.3. The molecule has 72 valence electrons. The summed E-state index contributed by atoms with van der Waals surface area (Å²) in [7, 11) is -2.99. The third kappa shape index (κ3) is 2.18. The highest BCUT2D eigenvalue weighted by molar-refractivity contribution is 7.88. The zero-order chi connectivity index (χ0) is 9.19. The summed E-state index contributed by atoms with van der Waals surface area (Å²) < 4.78 is 24.1. The molecule has 1 aliphatic heterocycles. The minimum absolute atomic E-state index is 0.147. The van der Waals surface area contributed by atoms with Gasteiger partial charge in [-0.1, -0.05) is 6.92 Å². The van der Waals surface area contributed by atoms with Gasteiger partial charge in [-0.05, 0) is 6.42 Å². The van der Waals surface area contributed by atoms with Crippen LogP contribution in [0.3, 0.4) is 0 Å². The number of hydrogen-bond acceptors (Lipinski definition) is 3. The van der Waals surface area contributed by atoms with E-state index in [9.17, 15) is 8.42 Å². The van der Waals surface area contributed by atoms with E-state index in [2.05, 4.69) is 5.32 Å². The summed E-state index contributed by atoms with van der Waals surface area (Å²) in [5.41, 5.74) is 0. The third-order valence-electron chi connectivity index (χ3n) is 2.19. The Morgan fingerprint density at radius 3 is 2.67 bits per heavy atom. The van der Waals surface area contributed by atoms with Gasteiger partial charge in [-0.25, -0.2) is 8.42 Å². The van der Waals surface area contributed by atoms with Crippen LogP contribution in [0.4, 0.5) is 0 Å². The molecule has 1 N–H and O–H groups in total. The van der Waals surface area contributed by atoms with Crippen LogP contribution in [0.5, 0.6) is 0 Å². The van der Waals surface area contributed by atoms with Crippen LogP contribution in [0.25, 0.3) is 0 Å². The van der Waals surface area contributed by atoms with Crippen LogP contribution in [-0.4, -0.2) is 44.7 Å². The van der Waals surface area contributed by atoms with Crippen molar-refractivity contribution in [3.05, 3.63) is 0 Å². The Hall–Kier alpha value is -0.130. The van der Waals surface area contributed by atoms with Crippen molar-refractivity contribution in [2.24, 2.45) is 0 Å². The monoisotopic (exact) mass is 192 g/mol. The van der Waals surface area contributed by atoms with Crippen LogP contribution >= 0.6 is 0 Å². The van der Waals surface area contributed by atoms with Gasteiger partial charge in [-0.2, -0.15) is 4.31 Å². The Labute approximate surface area is 74.0 Å². The first-order valence-electron chi connectivity index (χ1n) is 4.23. The number of nitrogens with zero attached hydrogens (tertiary/aromatic N) is 1. The van der Waals surface area contributed by atoms with Crippen molar-refractivity contribution >= 4 is 10.0 Å². The molecule has 0 bridgehead atoms. The SMILES string of the molecule is CC[C@@H]1CNCCN1S(C)(=O)=O. The second kappa shape index (κ2) is 3.72. The highest BCUT2D eigenvalue weighted by Crippen LogP contribution is 2.10. The first kappa shape index (κ1) is 9.95. The lowest BCUT2D eigenvalue weighted by Gasteiger charge is -2.33. The lowest BCUT2D eigenvalue weighted by Crippen LogP contribution is -2.52. The predicted octanol–water partition coefficient (Wildman–Crippen LogP) is -0.370. The summed E-state index contributed by atoms with van der Waals surface area (Å²) in [6.45, 7) is 4.17. The Morgan fingerprint density at radius 2 is 2.25 bits per heavy atom. The van der Waals surface area contributed by atoms with E-state index in [0.29, 0.717) is 6.54 Å². The predicted molar refractivity (Wildman–Crippen MR) is 48.5 cm³/mol. The Bertz CT molecular complexity index is 238. The Balaban J connectivity index is 2.72. The molecule has 12 heavy (non-hydrogen) atoms. The molecule has 0 aromatic carbocycles. The van der Waals surface area contributed by atoms with Gasteiger partial charge in [0.25, 0.3) is 0 Å². The van der Waals surface area contributed by atoms with Gasteiger partial charge in [0.2, 0.25) is 10.0 Å². The molecular formula is C7H16N2O2S. The van der Waals surface area contributed by atoms with Crippen LogP contribution in [0.2, 0.25) is 0 Å². The van der Waals surface area contributed by atoms with Crippen molar-refractivity contribution in [1.82, 2.24) is 9.62 Å². The van der Waals surface area contributed by atoms with Crippen LogP contribution in [0.1, 0.15) is 13.3 Å². The molecule has 1 fully saturated rings. The van der Waals surface area contributed by atoms with Crippen LogP contribution in [0, 0.1) is 0 Å². The third-order valence-corrected chi connectivity index (χ3v) is 3.53. The normalized spacial score (nSPS) is 27.3. The Kier molecular flexibility index (Phi) is 3.09. The largest absolute Gasteiger partial charge is 0.314 e. The molecule has 0 aromatic heterocycles. The lowest BCUT2D eigenvalue weighted by molar-refractivity contribution is 0.263. The van der Waals surface area contributed by atoms with E-state index in [1.165, 1.54) is 6.26 Å². The molecule has 1 heterocycles. The highest BCUT2D eigenvalue weighted by Gasteiger charge is 2.27. The standard InChI is InChI=1S/C7H16N2O2S/c1-3-7-6-8-4-5-9(7)12(2,10)11/h7-8H,3-6H2,1-2H3/t7-/m1/s1. The number of hydrogen-bond donors (Lipinski definition) is 1. The number of nitrogens with one attached hydrogen (secondary N) is 1. The quantitative estimate of drug-likeness (QED) is 0.649. The van der Waals surface area contributed by atoms with Gasteiger partial charge >= 0.3 is 0 Å². The summed E-state index contributed by atoms with van der Waals surface area (Å²) in [5, 5.41) is 3.18. The van der Waals surface area contributed by atoms with E-state index in [-0.39, 0.29) is 6.04 Å². The fourth-order valence-electron chi connectivity index (χ4n) is 1.53. The van der Waals surface area contributed by atoms with E-state index in [0.717, 1.165) is 19.5 Å². The van der Waals surface area contributed by atoms with Gasteiger partial charge in [-0.15, -0.1) is 0 Å². The van der Waals surface area contributed by atoms with E-state index in [1.807, 2.05) is 6.92 Å². The molecular weight excluding hydrogens is 176 g/mol. The minimum Gasteiger partial charge on any atom is -0.314 e. The molecule has 1 rings (SSSR count). The molecule has 4 nitrogen and oxygen atoms in total. The molecule has 0 amide bonds. The van der Waals surface area contributed by atoms with Crippen molar-refractivity contribution in [2.75, 3.05) is 25.9 Å². The van der Waals surface area contributed by atoms with Gasteiger partial charge in [0.1, 0.15) is 0 Å². The van der Waals surface area contributed by atoms with Crippen LogP contribution in [-0.2, 0) is 10.0 Å². The van der Waals surface area contributed by atoms with E-state index >= 15 is 0 Å². The van der Waals surface area contributed by atoms with Crippen LogP contribution < -0.4 is 5.32 Å². The molecule has 0 spiro atoms. The first-order chi connectivity index (χ1) is 5.55. The fraction of sp³-hybridized carbons (Fsp3) is 1.00. The van der Waals surface area contributed by atoms with Gasteiger partial charge in [0.15, 0.2) is 0 Å². The highest BCUT2D eigenvalue weighted by atomic mass is 32.2. The van der Waals surface area contributed by atoms with Gasteiger partial charge in [0, 0.05) is 25.7 Å². The molecule has 0 aliphatic carbocycles. The zero-order valence-electron chi connectivity index (χ0n) is 7.58. The summed E-state index contributed by atoms with van der Waals surface area (Å²) in [4.78, 5) is 0. The molecule has 0 radical (unpaired) electrons. The van der Waals surface area contributed by atoms with E-state index in [4.69, 9.17) is 0 Å². The maximum Gasteiger partial charge on any atom is 0.211 e. The fourth-order valence-corrected chi connectivity index (χ4v) is 2.72. The zero-order valence-corrected chi connectivity index (χ0v) is 8.39. The maximum absolute atomic E-state index is 11.3. The van der Waals surface area contributed by atoms with Crippen molar-refractivity contribution in [2.45, 2.75) is 19.4 Å². The summed E-state index contributed by atoms with van der Waals surface area (Å²) in [6, 6.07) is 0.147. The van der Waals surface area contributed by atoms with Crippen LogP contribution in [0.15, 0.2) is 0 Å². The van der Waals surface area contributed by atoms with Crippen molar-refractivity contribution < 1.29 is 8.42 Å². The molecule has 0 unspecified atom stereocenters. The van der Waals surface area contributed by atoms with Crippen molar-refractivity contribution in [3.8, 4) is 0 Å². The minimum atomic E-state index is -2.99. The molecule has 0 aromatic rings. The van der Waals surface area contributed by atoms with Gasteiger partial charge in [0.05, 0.1) is 6.26 Å². The number of rotatable bonds is 2. The van der Waals surface area contributed by atoms with Crippen molar-refractivity contribution in [1.29, 1.82) is 0 Å². The molecule has 1 saturated heterocycles. The summed E-state index contributed by atoms with van der Waals surface area (Å²) in [5.74, 6) is 0. The molecule has 1 atom stereocenters.